The number of nitro benzene ring substituents is 1. The average Bonchev–Trinajstić information content (AvgIpc) is 2.36. The van der Waals surface area contributed by atoms with E-state index in [1.165, 1.54) is 12.1 Å². The summed E-state index contributed by atoms with van der Waals surface area (Å²) in [5.41, 5.74) is 6.50. The highest BCUT2D eigenvalue weighted by Crippen LogP contribution is 2.12. The third kappa shape index (κ3) is 6.29. The molecule has 0 aromatic heterocycles. The van der Waals surface area contributed by atoms with E-state index < -0.39 is 4.92 Å². The Labute approximate surface area is 118 Å². The number of hydrogen-bond acceptors (Lipinski definition) is 4. The SMILES string of the molecule is CC(C)(N)CCC(=O)NCCc1ccc([N+](=O)[O-])cc1. The summed E-state index contributed by atoms with van der Waals surface area (Å²) in [6.45, 7) is 4.29. The molecule has 0 unspecified atom stereocenters. The molecule has 1 aromatic rings. The van der Waals surface area contributed by atoms with Gasteiger partial charge in [0.25, 0.3) is 5.69 Å². The van der Waals surface area contributed by atoms with Crippen LogP contribution in [0.3, 0.4) is 0 Å². The number of non-ortho nitro benzene ring substituents is 1. The fraction of sp³-hybridized carbons (Fsp3) is 0.500. The van der Waals surface area contributed by atoms with Crippen LogP contribution in [0.5, 0.6) is 0 Å². The van der Waals surface area contributed by atoms with E-state index in [0.717, 1.165) is 5.56 Å². The highest BCUT2D eigenvalue weighted by atomic mass is 16.6. The number of nitrogens with zero attached hydrogens (tertiary/aromatic N) is 1. The third-order valence-electron chi connectivity index (χ3n) is 2.88. The lowest BCUT2D eigenvalue weighted by molar-refractivity contribution is -0.384. The van der Waals surface area contributed by atoms with Crippen LogP contribution in [0.2, 0.25) is 0 Å². The highest BCUT2D eigenvalue weighted by Gasteiger charge is 2.12. The molecule has 1 aromatic carbocycles. The first-order chi connectivity index (χ1) is 9.28. The fourth-order valence-corrected chi connectivity index (χ4v) is 1.65. The lowest BCUT2D eigenvalue weighted by Gasteiger charge is -2.17. The number of rotatable bonds is 7. The summed E-state index contributed by atoms with van der Waals surface area (Å²) >= 11 is 0. The van der Waals surface area contributed by atoms with Crippen molar-refractivity contribution in [3.05, 3.63) is 39.9 Å². The first-order valence-corrected chi connectivity index (χ1v) is 6.57. The number of nitrogens with two attached hydrogens (primary N) is 1. The zero-order valence-electron chi connectivity index (χ0n) is 11.9. The van der Waals surface area contributed by atoms with E-state index in [9.17, 15) is 14.9 Å². The predicted molar refractivity (Wildman–Crippen MR) is 77.3 cm³/mol. The molecule has 110 valence electrons. The number of nitro groups is 1. The van der Waals surface area contributed by atoms with Crippen molar-refractivity contribution in [3.63, 3.8) is 0 Å². The van der Waals surface area contributed by atoms with E-state index in [2.05, 4.69) is 5.32 Å². The lowest BCUT2D eigenvalue weighted by atomic mass is 10.00. The van der Waals surface area contributed by atoms with E-state index in [1.54, 1.807) is 12.1 Å². The largest absolute Gasteiger partial charge is 0.356 e. The van der Waals surface area contributed by atoms with Crippen molar-refractivity contribution in [2.45, 2.75) is 38.6 Å². The van der Waals surface area contributed by atoms with Gasteiger partial charge in [0.15, 0.2) is 0 Å². The molecule has 3 N–H and O–H groups in total. The second-order valence-electron chi connectivity index (χ2n) is 5.51. The maximum absolute atomic E-state index is 11.6. The molecule has 6 heteroatoms. The van der Waals surface area contributed by atoms with Crippen LogP contribution in [-0.2, 0) is 11.2 Å². The van der Waals surface area contributed by atoms with Crippen LogP contribution in [0.4, 0.5) is 5.69 Å². The van der Waals surface area contributed by atoms with Crippen molar-refractivity contribution in [1.29, 1.82) is 0 Å². The Bertz CT molecular complexity index is 464. The smallest absolute Gasteiger partial charge is 0.269 e. The fourth-order valence-electron chi connectivity index (χ4n) is 1.65. The van der Waals surface area contributed by atoms with Gasteiger partial charge in [-0.3, -0.25) is 14.9 Å². The van der Waals surface area contributed by atoms with Crippen LogP contribution in [-0.4, -0.2) is 22.9 Å². The second kappa shape index (κ2) is 7.00. The molecule has 0 saturated heterocycles. The van der Waals surface area contributed by atoms with Crippen LogP contribution in [0.1, 0.15) is 32.3 Å². The molecule has 0 aliphatic rings. The van der Waals surface area contributed by atoms with E-state index in [0.29, 0.717) is 25.8 Å². The maximum Gasteiger partial charge on any atom is 0.269 e. The molecule has 0 aliphatic carbocycles. The first-order valence-electron chi connectivity index (χ1n) is 6.57. The molecule has 0 heterocycles. The number of carbonyl (C=O) groups excluding carboxylic acids is 1. The normalized spacial score (nSPS) is 11.2. The summed E-state index contributed by atoms with van der Waals surface area (Å²) in [6.07, 6.45) is 1.69. The van der Waals surface area contributed by atoms with Gasteiger partial charge in [-0.15, -0.1) is 0 Å². The van der Waals surface area contributed by atoms with Crippen LogP contribution in [0.15, 0.2) is 24.3 Å². The van der Waals surface area contributed by atoms with Crippen molar-refractivity contribution >= 4 is 11.6 Å². The van der Waals surface area contributed by atoms with Gasteiger partial charge in [0.05, 0.1) is 4.92 Å². The zero-order chi connectivity index (χ0) is 15.2. The number of carbonyl (C=O) groups is 1. The molecule has 0 fully saturated rings. The van der Waals surface area contributed by atoms with E-state index in [4.69, 9.17) is 5.73 Å². The molecule has 0 radical (unpaired) electrons. The summed E-state index contributed by atoms with van der Waals surface area (Å²) in [6, 6.07) is 6.34. The quantitative estimate of drug-likeness (QED) is 0.587. The number of hydrogen-bond donors (Lipinski definition) is 2. The molecule has 0 aliphatic heterocycles. The summed E-state index contributed by atoms with van der Waals surface area (Å²) in [5, 5.41) is 13.3. The summed E-state index contributed by atoms with van der Waals surface area (Å²) < 4.78 is 0. The zero-order valence-corrected chi connectivity index (χ0v) is 11.9. The van der Waals surface area contributed by atoms with Gasteiger partial charge in [-0.05, 0) is 32.3 Å². The topological polar surface area (TPSA) is 98.3 Å². The summed E-state index contributed by atoms with van der Waals surface area (Å²) in [5.74, 6) is -0.0227. The van der Waals surface area contributed by atoms with Gasteiger partial charge in [0.2, 0.25) is 5.91 Å². The molecule has 1 rings (SSSR count). The molecule has 0 spiro atoms. The predicted octanol–water partition coefficient (Wildman–Crippen LogP) is 1.77. The minimum atomic E-state index is -0.430. The number of nitrogens with one attached hydrogen (secondary N) is 1. The van der Waals surface area contributed by atoms with Crippen molar-refractivity contribution in [2.75, 3.05) is 6.54 Å². The standard InChI is InChI=1S/C14H21N3O3/c1-14(2,15)9-7-13(18)16-10-8-11-3-5-12(6-4-11)17(19)20/h3-6H,7-10,15H2,1-2H3,(H,16,18). The van der Waals surface area contributed by atoms with E-state index in [1.807, 2.05) is 13.8 Å². The first kappa shape index (κ1) is 16.1. The van der Waals surface area contributed by atoms with Gasteiger partial charge in [-0.2, -0.15) is 0 Å². The molecule has 0 bridgehead atoms. The molecule has 0 saturated carbocycles. The average molecular weight is 279 g/mol. The van der Waals surface area contributed by atoms with Crippen LogP contribution < -0.4 is 11.1 Å². The second-order valence-corrected chi connectivity index (χ2v) is 5.51. The van der Waals surface area contributed by atoms with Crippen molar-refractivity contribution in [1.82, 2.24) is 5.32 Å². The highest BCUT2D eigenvalue weighted by molar-refractivity contribution is 5.75. The van der Waals surface area contributed by atoms with E-state index in [-0.39, 0.29) is 17.1 Å². The van der Waals surface area contributed by atoms with Gasteiger partial charge in [-0.25, -0.2) is 0 Å². The number of amides is 1. The van der Waals surface area contributed by atoms with Gasteiger partial charge in [-0.1, -0.05) is 12.1 Å². The molecular weight excluding hydrogens is 258 g/mol. The Kier molecular flexibility index (Phi) is 5.64. The summed E-state index contributed by atoms with van der Waals surface area (Å²) in [7, 11) is 0. The van der Waals surface area contributed by atoms with Gasteiger partial charge in [0.1, 0.15) is 0 Å². The molecule has 6 nitrogen and oxygen atoms in total. The van der Waals surface area contributed by atoms with Crippen molar-refractivity contribution in [3.8, 4) is 0 Å². The molecule has 0 atom stereocenters. The lowest BCUT2D eigenvalue weighted by Crippen LogP contribution is -2.34. The third-order valence-corrected chi connectivity index (χ3v) is 2.88. The molecule has 1 amide bonds. The molecular formula is C14H21N3O3. The van der Waals surface area contributed by atoms with Crippen molar-refractivity contribution in [2.24, 2.45) is 5.73 Å². The Morgan fingerprint density at radius 1 is 1.35 bits per heavy atom. The monoisotopic (exact) mass is 279 g/mol. The molecule has 20 heavy (non-hydrogen) atoms. The van der Waals surface area contributed by atoms with Crippen molar-refractivity contribution < 1.29 is 9.72 Å². The Hall–Kier alpha value is -1.95. The minimum Gasteiger partial charge on any atom is -0.356 e. The van der Waals surface area contributed by atoms with Gasteiger partial charge >= 0.3 is 0 Å². The van der Waals surface area contributed by atoms with Crippen LogP contribution >= 0.6 is 0 Å². The van der Waals surface area contributed by atoms with Crippen LogP contribution in [0, 0.1) is 10.1 Å². The number of benzene rings is 1. The van der Waals surface area contributed by atoms with E-state index >= 15 is 0 Å². The summed E-state index contributed by atoms with van der Waals surface area (Å²) in [4.78, 5) is 21.6. The maximum atomic E-state index is 11.6. The van der Waals surface area contributed by atoms with Crippen LogP contribution in [0.25, 0.3) is 0 Å². The van der Waals surface area contributed by atoms with Gasteiger partial charge in [0, 0.05) is 30.6 Å². The van der Waals surface area contributed by atoms with Gasteiger partial charge < -0.3 is 11.1 Å². The Balaban J connectivity index is 2.30. The Morgan fingerprint density at radius 3 is 2.45 bits per heavy atom. The minimum absolute atomic E-state index is 0.0227. The Morgan fingerprint density at radius 2 is 1.95 bits per heavy atom.